The van der Waals surface area contributed by atoms with Gasteiger partial charge in [0.1, 0.15) is 11.8 Å². The number of carbonyl (C=O) groups excluding carboxylic acids is 3. The summed E-state index contributed by atoms with van der Waals surface area (Å²) in [7, 11) is 3.02. The number of ether oxygens (including phenoxy) is 1. The fraction of sp³-hybridized carbons (Fsp3) is 0.438. The molecule has 1 aromatic rings. The van der Waals surface area contributed by atoms with E-state index in [0.717, 1.165) is 6.42 Å². The van der Waals surface area contributed by atoms with Gasteiger partial charge in [-0.1, -0.05) is 0 Å². The predicted molar refractivity (Wildman–Crippen MR) is 85.4 cm³/mol. The Morgan fingerprint density at radius 3 is 2.65 bits per heavy atom. The van der Waals surface area contributed by atoms with Crippen LogP contribution in [-0.2, 0) is 9.59 Å². The summed E-state index contributed by atoms with van der Waals surface area (Å²) in [5, 5.41) is 5.30. The van der Waals surface area contributed by atoms with Crippen molar-refractivity contribution in [2.45, 2.75) is 25.8 Å². The number of carbonyl (C=O) groups is 3. The number of hydrogen-bond donors (Lipinski definition) is 2. The lowest BCUT2D eigenvalue weighted by Crippen LogP contribution is -2.42. The van der Waals surface area contributed by atoms with Gasteiger partial charge in [0.2, 0.25) is 11.8 Å². The second-order valence-corrected chi connectivity index (χ2v) is 5.35. The minimum atomic E-state index is -0.485. The second kappa shape index (κ2) is 7.13. The van der Waals surface area contributed by atoms with E-state index in [1.165, 1.54) is 21.1 Å². The van der Waals surface area contributed by atoms with Crippen LogP contribution in [0.15, 0.2) is 18.2 Å². The van der Waals surface area contributed by atoms with Crippen LogP contribution < -0.4 is 15.4 Å². The van der Waals surface area contributed by atoms with Crippen molar-refractivity contribution < 1.29 is 19.1 Å². The first kappa shape index (κ1) is 16.8. The van der Waals surface area contributed by atoms with Crippen LogP contribution in [0.25, 0.3) is 0 Å². The molecule has 2 N–H and O–H groups in total. The Hall–Kier alpha value is -2.57. The van der Waals surface area contributed by atoms with E-state index < -0.39 is 6.04 Å². The molecule has 0 unspecified atom stereocenters. The van der Waals surface area contributed by atoms with Gasteiger partial charge in [-0.3, -0.25) is 14.4 Å². The Bertz CT molecular complexity index is 630. The molecule has 1 atom stereocenters. The number of methoxy groups -OCH3 is 1. The maximum absolute atomic E-state index is 12.5. The van der Waals surface area contributed by atoms with Crippen molar-refractivity contribution >= 4 is 23.4 Å². The maximum atomic E-state index is 12.5. The van der Waals surface area contributed by atoms with Gasteiger partial charge in [0.05, 0.1) is 12.8 Å². The van der Waals surface area contributed by atoms with E-state index in [1.54, 1.807) is 23.1 Å². The van der Waals surface area contributed by atoms with Gasteiger partial charge in [-0.15, -0.1) is 0 Å². The van der Waals surface area contributed by atoms with Crippen LogP contribution in [0.1, 0.15) is 30.1 Å². The minimum absolute atomic E-state index is 0.117. The van der Waals surface area contributed by atoms with Crippen LogP contribution in [-0.4, -0.2) is 49.4 Å². The van der Waals surface area contributed by atoms with E-state index in [2.05, 4.69) is 10.6 Å². The molecule has 0 aliphatic carbocycles. The summed E-state index contributed by atoms with van der Waals surface area (Å²) in [5.41, 5.74) is 0.826. The fourth-order valence-corrected chi connectivity index (χ4v) is 2.72. The second-order valence-electron chi connectivity index (χ2n) is 5.35. The number of benzene rings is 1. The van der Waals surface area contributed by atoms with E-state index in [4.69, 9.17) is 4.74 Å². The first-order valence-corrected chi connectivity index (χ1v) is 7.46. The van der Waals surface area contributed by atoms with E-state index in [0.29, 0.717) is 30.0 Å². The van der Waals surface area contributed by atoms with E-state index in [-0.39, 0.29) is 17.7 Å². The Morgan fingerprint density at radius 1 is 1.30 bits per heavy atom. The Labute approximate surface area is 135 Å². The van der Waals surface area contributed by atoms with Gasteiger partial charge in [0.25, 0.3) is 5.91 Å². The molecule has 23 heavy (non-hydrogen) atoms. The molecular weight excluding hydrogens is 298 g/mol. The van der Waals surface area contributed by atoms with Gasteiger partial charge in [0.15, 0.2) is 0 Å². The average Bonchev–Trinajstić information content (AvgIpc) is 3.04. The van der Waals surface area contributed by atoms with Crippen LogP contribution in [0, 0.1) is 0 Å². The third kappa shape index (κ3) is 3.61. The zero-order valence-corrected chi connectivity index (χ0v) is 13.5. The highest BCUT2D eigenvalue weighted by atomic mass is 16.5. The standard InChI is InChI=1S/C16H21N3O4/c1-10(20)19-8-4-5-13(19)16(22)18-12-9-11(15(21)17-2)6-7-14(12)23-3/h6-7,9,13H,4-5,8H2,1-3H3,(H,17,21)(H,18,22)/t13-/m1/s1. The van der Waals surface area contributed by atoms with Crippen molar-refractivity contribution in [3.8, 4) is 5.75 Å². The molecule has 0 aromatic heterocycles. The van der Waals surface area contributed by atoms with Crippen molar-refractivity contribution in [1.29, 1.82) is 0 Å². The molecule has 1 heterocycles. The van der Waals surface area contributed by atoms with Crippen LogP contribution >= 0.6 is 0 Å². The van der Waals surface area contributed by atoms with Crippen LogP contribution in [0.4, 0.5) is 5.69 Å². The molecule has 124 valence electrons. The monoisotopic (exact) mass is 319 g/mol. The van der Waals surface area contributed by atoms with Crippen molar-refractivity contribution in [1.82, 2.24) is 10.2 Å². The smallest absolute Gasteiger partial charge is 0.251 e. The van der Waals surface area contributed by atoms with Crippen molar-refractivity contribution in [3.05, 3.63) is 23.8 Å². The maximum Gasteiger partial charge on any atom is 0.251 e. The third-order valence-corrected chi connectivity index (χ3v) is 3.91. The molecule has 1 aromatic carbocycles. The molecule has 1 aliphatic rings. The molecule has 0 saturated carbocycles. The quantitative estimate of drug-likeness (QED) is 0.867. The molecule has 7 heteroatoms. The molecule has 0 bridgehead atoms. The highest BCUT2D eigenvalue weighted by Crippen LogP contribution is 2.27. The molecule has 1 saturated heterocycles. The van der Waals surface area contributed by atoms with E-state index in [9.17, 15) is 14.4 Å². The number of amides is 3. The largest absolute Gasteiger partial charge is 0.495 e. The normalized spacial score (nSPS) is 16.8. The molecule has 1 aliphatic heterocycles. The summed E-state index contributed by atoms with van der Waals surface area (Å²) in [5.74, 6) is -0.188. The van der Waals surface area contributed by atoms with Gasteiger partial charge in [-0.05, 0) is 31.0 Å². The minimum Gasteiger partial charge on any atom is -0.495 e. The molecule has 0 radical (unpaired) electrons. The van der Waals surface area contributed by atoms with Gasteiger partial charge in [-0.25, -0.2) is 0 Å². The predicted octanol–water partition coefficient (Wildman–Crippen LogP) is 1.00. The average molecular weight is 319 g/mol. The number of likely N-dealkylation sites (tertiary alicyclic amines) is 1. The van der Waals surface area contributed by atoms with E-state index >= 15 is 0 Å². The lowest BCUT2D eigenvalue weighted by Gasteiger charge is -2.23. The summed E-state index contributed by atoms with van der Waals surface area (Å²) >= 11 is 0. The van der Waals surface area contributed by atoms with Gasteiger partial charge >= 0.3 is 0 Å². The first-order valence-electron chi connectivity index (χ1n) is 7.46. The van der Waals surface area contributed by atoms with Crippen LogP contribution in [0.5, 0.6) is 5.75 Å². The number of anilines is 1. The molecule has 7 nitrogen and oxygen atoms in total. The summed E-state index contributed by atoms with van der Waals surface area (Å²) in [4.78, 5) is 37.4. The summed E-state index contributed by atoms with van der Waals surface area (Å²) in [6.07, 6.45) is 1.43. The Balaban J connectivity index is 2.22. The van der Waals surface area contributed by atoms with Crippen molar-refractivity contribution in [2.75, 3.05) is 26.0 Å². The fourth-order valence-electron chi connectivity index (χ4n) is 2.72. The molecule has 3 amide bonds. The lowest BCUT2D eigenvalue weighted by atomic mass is 10.1. The Morgan fingerprint density at radius 2 is 2.04 bits per heavy atom. The number of rotatable bonds is 4. The number of nitrogens with zero attached hydrogens (tertiary/aromatic N) is 1. The van der Waals surface area contributed by atoms with E-state index in [1.807, 2.05) is 0 Å². The van der Waals surface area contributed by atoms with Crippen molar-refractivity contribution in [2.24, 2.45) is 0 Å². The van der Waals surface area contributed by atoms with Crippen molar-refractivity contribution in [3.63, 3.8) is 0 Å². The molecular formula is C16H21N3O4. The van der Waals surface area contributed by atoms with Gasteiger partial charge < -0.3 is 20.3 Å². The summed E-state index contributed by atoms with van der Waals surface area (Å²) < 4.78 is 5.22. The number of nitrogens with one attached hydrogen (secondary N) is 2. The topological polar surface area (TPSA) is 87.7 Å². The SMILES string of the molecule is CNC(=O)c1ccc(OC)c(NC(=O)[C@H]2CCCN2C(C)=O)c1. The van der Waals surface area contributed by atoms with Gasteiger partial charge in [-0.2, -0.15) is 0 Å². The highest BCUT2D eigenvalue weighted by Gasteiger charge is 2.32. The summed E-state index contributed by atoms with van der Waals surface area (Å²) in [6.45, 7) is 2.04. The molecule has 0 spiro atoms. The zero-order chi connectivity index (χ0) is 17.0. The summed E-state index contributed by atoms with van der Waals surface area (Å²) in [6, 6.07) is 4.31. The third-order valence-electron chi connectivity index (χ3n) is 3.91. The van der Waals surface area contributed by atoms with Gasteiger partial charge in [0, 0.05) is 26.1 Å². The lowest BCUT2D eigenvalue weighted by molar-refractivity contribution is -0.134. The molecule has 1 fully saturated rings. The van der Waals surface area contributed by atoms with Crippen LogP contribution in [0.2, 0.25) is 0 Å². The highest BCUT2D eigenvalue weighted by molar-refractivity contribution is 6.00. The Kier molecular flexibility index (Phi) is 5.20. The molecule has 2 rings (SSSR count). The number of hydrogen-bond acceptors (Lipinski definition) is 4. The zero-order valence-electron chi connectivity index (χ0n) is 13.5. The first-order chi connectivity index (χ1) is 11.0. The van der Waals surface area contributed by atoms with Crippen LogP contribution in [0.3, 0.4) is 0 Å².